The van der Waals surface area contributed by atoms with Gasteiger partial charge in [-0.2, -0.15) is 0 Å². The molecule has 7 nitrogen and oxygen atoms in total. The van der Waals surface area contributed by atoms with Gasteiger partial charge in [0.15, 0.2) is 11.5 Å². The summed E-state index contributed by atoms with van der Waals surface area (Å²) in [5.74, 6) is -0.0933. The lowest BCUT2D eigenvalue weighted by molar-refractivity contribution is -0.137. The summed E-state index contributed by atoms with van der Waals surface area (Å²) in [6, 6.07) is 11.7. The summed E-state index contributed by atoms with van der Waals surface area (Å²) < 4.78 is 16.0. The van der Waals surface area contributed by atoms with E-state index in [4.69, 9.17) is 14.2 Å². The lowest BCUT2D eigenvalue weighted by Gasteiger charge is -2.21. The number of fused-ring (bicyclic) bond motifs is 1. The number of carbonyl (C=O) groups is 2. The molecule has 1 amide bonds. The topological polar surface area (TPSA) is 94.1 Å². The van der Waals surface area contributed by atoms with Crippen molar-refractivity contribution in [2.45, 2.75) is 18.4 Å². The van der Waals surface area contributed by atoms with Crippen molar-refractivity contribution in [3.8, 4) is 17.2 Å². The molecule has 7 heteroatoms. The Labute approximate surface area is 156 Å². The van der Waals surface area contributed by atoms with Crippen LogP contribution in [0.4, 0.5) is 0 Å². The van der Waals surface area contributed by atoms with E-state index in [0.29, 0.717) is 22.8 Å². The molecule has 142 valence electrons. The van der Waals surface area contributed by atoms with Crippen molar-refractivity contribution in [3.05, 3.63) is 53.6 Å². The number of hydrogen-bond acceptors (Lipinski definition) is 5. The number of amides is 1. The fourth-order valence-corrected chi connectivity index (χ4v) is 3.15. The highest BCUT2D eigenvalue weighted by Gasteiger charge is 2.32. The molecule has 0 saturated heterocycles. The molecule has 0 unspecified atom stereocenters. The third-order valence-corrected chi connectivity index (χ3v) is 4.52. The van der Waals surface area contributed by atoms with E-state index in [0.717, 1.165) is 5.56 Å². The number of methoxy groups -OCH3 is 2. The van der Waals surface area contributed by atoms with Gasteiger partial charge in [-0.25, -0.2) is 0 Å². The van der Waals surface area contributed by atoms with Gasteiger partial charge in [-0.1, -0.05) is 24.3 Å². The molecule has 2 aromatic carbocycles. The number of carbonyl (C=O) groups excluding carboxylic acids is 1. The first kappa shape index (κ1) is 18.6. The van der Waals surface area contributed by atoms with Gasteiger partial charge in [-0.3, -0.25) is 9.59 Å². The molecule has 0 aromatic heterocycles. The maximum absolute atomic E-state index is 12.8. The summed E-state index contributed by atoms with van der Waals surface area (Å²) in [5, 5.41) is 12.1. The molecule has 2 aromatic rings. The first-order valence-electron chi connectivity index (χ1n) is 8.49. The van der Waals surface area contributed by atoms with E-state index in [1.165, 1.54) is 14.2 Å². The number of carboxylic acid groups (broad SMARTS) is 1. The van der Waals surface area contributed by atoms with Crippen LogP contribution in [0.1, 0.15) is 29.5 Å². The Bertz CT molecular complexity index is 850. The molecule has 2 atom stereocenters. The monoisotopic (exact) mass is 371 g/mol. The minimum atomic E-state index is -1.02. The van der Waals surface area contributed by atoms with Gasteiger partial charge in [0.1, 0.15) is 18.3 Å². The number of benzene rings is 2. The van der Waals surface area contributed by atoms with E-state index < -0.39 is 17.9 Å². The van der Waals surface area contributed by atoms with Crippen molar-refractivity contribution in [2.24, 2.45) is 0 Å². The van der Waals surface area contributed by atoms with Crippen LogP contribution in [-0.4, -0.2) is 37.8 Å². The molecule has 0 spiro atoms. The molecule has 0 bridgehead atoms. The molecule has 0 aliphatic carbocycles. The predicted octanol–water partition coefficient (Wildman–Crippen LogP) is 2.51. The largest absolute Gasteiger partial charge is 0.493 e. The molecule has 0 saturated carbocycles. The van der Waals surface area contributed by atoms with Crippen LogP contribution in [0.3, 0.4) is 0 Å². The van der Waals surface area contributed by atoms with Crippen LogP contribution in [0.25, 0.3) is 0 Å². The van der Waals surface area contributed by atoms with Crippen molar-refractivity contribution in [2.75, 3.05) is 20.8 Å². The third-order valence-electron chi connectivity index (χ3n) is 4.52. The summed E-state index contributed by atoms with van der Waals surface area (Å²) in [6.45, 7) is 0.233. The maximum atomic E-state index is 12.8. The number of nitrogens with one attached hydrogen (secondary N) is 1. The zero-order chi connectivity index (χ0) is 19.4. The zero-order valence-corrected chi connectivity index (χ0v) is 15.1. The Morgan fingerprint density at radius 2 is 1.93 bits per heavy atom. The fourth-order valence-electron chi connectivity index (χ4n) is 3.15. The lowest BCUT2D eigenvalue weighted by Crippen LogP contribution is -2.34. The van der Waals surface area contributed by atoms with Gasteiger partial charge in [0.25, 0.3) is 0 Å². The minimum absolute atomic E-state index is 0.233. The Morgan fingerprint density at radius 1 is 1.19 bits per heavy atom. The van der Waals surface area contributed by atoms with Gasteiger partial charge in [0, 0.05) is 5.56 Å². The number of aliphatic carboxylic acids is 1. The number of hydrogen-bond donors (Lipinski definition) is 2. The summed E-state index contributed by atoms with van der Waals surface area (Å²) in [4.78, 5) is 24.1. The maximum Gasteiger partial charge on any atom is 0.305 e. The van der Waals surface area contributed by atoms with E-state index in [9.17, 15) is 14.7 Å². The zero-order valence-electron chi connectivity index (χ0n) is 15.1. The molecule has 0 radical (unpaired) electrons. The van der Waals surface area contributed by atoms with Crippen LogP contribution in [0.2, 0.25) is 0 Å². The van der Waals surface area contributed by atoms with E-state index in [1.54, 1.807) is 18.2 Å². The second-order valence-electron chi connectivity index (χ2n) is 6.17. The quantitative estimate of drug-likeness (QED) is 0.777. The van der Waals surface area contributed by atoms with Gasteiger partial charge in [0.05, 0.1) is 26.7 Å². The highest BCUT2D eigenvalue weighted by atomic mass is 16.5. The van der Waals surface area contributed by atoms with Crippen LogP contribution in [0.15, 0.2) is 42.5 Å². The van der Waals surface area contributed by atoms with E-state index in [1.807, 2.05) is 24.3 Å². The standard InChI is InChI=1S/C20H21NO6/c1-25-17-8-7-12(9-18(17)26-2)15(10-19(22)23)21-20(24)14-11-27-16-6-4-3-5-13(14)16/h3-9,14-15H,10-11H2,1-2H3,(H,21,24)(H,22,23)/t14-,15+/m1/s1. The molecule has 3 rings (SSSR count). The van der Waals surface area contributed by atoms with E-state index >= 15 is 0 Å². The Balaban J connectivity index is 1.84. The molecule has 2 N–H and O–H groups in total. The van der Waals surface area contributed by atoms with Crippen molar-refractivity contribution in [3.63, 3.8) is 0 Å². The van der Waals surface area contributed by atoms with Crippen LogP contribution in [0.5, 0.6) is 17.2 Å². The average molecular weight is 371 g/mol. The van der Waals surface area contributed by atoms with E-state index in [2.05, 4.69) is 5.32 Å². The van der Waals surface area contributed by atoms with E-state index in [-0.39, 0.29) is 18.9 Å². The summed E-state index contributed by atoms with van der Waals surface area (Å²) in [6.07, 6.45) is -0.254. The minimum Gasteiger partial charge on any atom is -0.493 e. The van der Waals surface area contributed by atoms with Crippen molar-refractivity contribution < 1.29 is 28.9 Å². The average Bonchev–Trinajstić information content (AvgIpc) is 3.10. The molecule has 1 aliphatic heterocycles. The van der Waals surface area contributed by atoms with Gasteiger partial charge >= 0.3 is 5.97 Å². The fraction of sp³-hybridized carbons (Fsp3) is 0.300. The number of para-hydroxylation sites is 1. The van der Waals surface area contributed by atoms with Gasteiger partial charge in [0.2, 0.25) is 5.91 Å². The highest BCUT2D eigenvalue weighted by molar-refractivity contribution is 5.86. The van der Waals surface area contributed by atoms with Crippen LogP contribution < -0.4 is 19.5 Å². The Hall–Kier alpha value is -3.22. The third kappa shape index (κ3) is 3.97. The van der Waals surface area contributed by atoms with Crippen molar-refractivity contribution in [1.29, 1.82) is 0 Å². The van der Waals surface area contributed by atoms with Crippen LogP contribution in [-0.2, 0) is 9.59 Å². The smallest absolute Gasteiger partial charge is 0.305 e. The number of carboxylic acids is 1. The first-order valence-corrected chi connectivity index (χ1v) is 8.49. The van der Waals surface area contributed by atoms with Gasteiger partial charge < -0.3 is 24.6 Å². The highest BCUT2D eigenvalue weighted by Crippen LogP contribution is 2.35. The lowest BCUT2D eigenvalue weighted by atomic mass is 9.98. The Morgan fingerprint density at radius 3 is 2.63 bits per heavy atom. The first-order chi connectivity index (χ1) is 13.0. The van der Waals surface area contributed by atoms with Gasteiger partial charge in [-0.15, -0.1) is 0 Å². The molecular weight excluding hydrogens is 350 g/mol. The second kappa shape index (κ2) is 7.99. The number of ether oxygens (including phenoxy) is 3. The molecule has 1 aliphatic rings. The Kier molecular flexibility index (Phi) is 5.49. The summed E-state index contributed by atoms with van der Waals surface area (Å²) in [5.41, 5.74) is 1.42. The molecule has 1 heterocycles. The summed E-state index contributed by atoms with van der Waals surface area (Å²) >= 11 is 0. The SMILES string of the molecule is COc1ccc([C@H](CC(=O)O)NC(=O)[C@@H]2COc3ccccc32)cc1OC. The normalized spacial score (nSPS) is 16.0. The summed E-state index contributed by atoms with van der Waals surface area (Å²) in [7, 11) is 3.02. The molecular formula is C20H21NO6. The van der Waals surface area contributed by atoms with Crippen molar-refractivity contribution >= 4 is 11.9 Å². The molecule has 0 fully saturated rings. The van der Waals surface area contributed by atoms with Crippen LogP contribution >= 0.6 is 0 Å². The second-order valence-corrected chi connectivity index (χ2v) is 6.17. The predicted molar refractivity (Wildman–Crippen MR) is 97.4 cm³/mol. The van der Waals surface area contributed by atoms with Crippen molar-refractivity contribution in [1.82, 2.24) is 5.32 Å². The van der Waals surface area contributed by atoms with Crippen LogP contribution in [0, 0.1) is 0 Å². The van der Waals surface area contributed by atoms with Gasteiger partial charge in [-0.05, 0) is 23.8 Å². The number of rotatable bonds is 7. The molecule has 27 heavy (non-hydrogen) atoms.